The maximum atomic E-state index is 12.3. The van der Waals surface area contributed by atoms with Crippen LogP contribution >= 0.6 is 15.9 Å². The van der Waals surface area contributed by atoms with Crippen LogP contribution in [0, 0.1) is 19.8 Å². The highest BCUT2D eigenvalue weighted by Gasteiger charge is 2.29. The zero-order valence-corrected chi connectivity index (χ0v) is 18.6. The van der Waals surface area contributed by atoms with E-state index in [1.54, 1.807) is 31.2 Å². The van der Waals surface area contributed by atoms with Crippen molar-refractivity contribution in [2.45, 2.75) is 39.7 Å². The van der Waals surface area contributed by atoms with E-state index in [0.717, 1.165) is 28.4 Å². The molecule has 8 heteroatoms. The van der Waals surface area contributed by atoms with E-state index >= 15 is 0 Å². The third kappa shape index (κ3) is 5.60. The molecule has 7 nitrogen and oxygen atoms in total. The summed E-state index contributed by atoms with van der Waals surface area (Å²) in [6, 6.07) is 10.3. The molecule has 1 aliphatic carbocycles. The number of hydrazine groups is 1. The van der Waals surface area contributed by atoms with Crippen LogP contribution in [0.3, 0.4) is 0 Å². The Morgan fingerprint density at radius 2 is 1.63 bits per heavy atom. The lowest BCUT2D eigenvalue weighted by Crippen LogP contribution is -2.47. The summed E-state index contributed by atoms with van der Waals surface area (Å²) < 4.78 is 6.72. The molecule has 1 atom stereocenters. The molecule has 0 aromatic heterocycles. The van der Waals surface area contributed by atoms with Crippen molar-refractivity contribution in [2.75, 3.05) is 5.32 Å². The first-order valence-electron chi connectivity index (χ1n) is 9.69. The topological polar surface area (TPSA) is 96.5 Å². The largest absolute Gasteiger partial charge is 0.480 e. The number of benzene rings is 2. The molecule has 0 bridgehead atoms. The Labute approximate surface area is 183 Å². The van der Waals surface area contributed by atoms with Gasteiger partial charge in [-0.2, -0.15) is 0 Å². The summed E-state index contributed by atoms with van der Waals surface area (Å²) in [6.45, 7) is 5.41. The first-order chi connectivity index (χ1) is 14.2. The van der Waals surface area contributed by atoms with Crippen LogP contribution < -0.4 is 20.9 Å². The highest BCUT2D eigenvalue weighted by Crippen LogP contribution is 2.30. The van der Waals surface area contributed by atoms with Crippen LogP contribution in [0.1, 0.15) is 41.3 Å². The van der Waals surface area contributed by atoms with Crippen LogP contribution in [0.15, 0.2) is 40.9 Å². The quantitative estimate of drug-likeness (QED) is 0.557. The molecule has 2 aromatic rings. The van der Waals surface area contributed by atoms with Gasteiger partial charge in [-0.15, -0.1) is 0 Å². The number of nitrogens with one attached hydrogen (secondary N) is 3. The van der Waals surface area contributed by atoms with Gasteiger partial charge in [-0.3, -0.25) is 25.2 Å². The second-order valence-corrected chi connectivity index (χ2v) is 8.33. The average molecular weight is 474 g/mol. The van der Waals surface area contributed by atoms with Gasteiger partial charge in [0.2, 0.25) is 5.91 Å². The van der Waals surface area contributed by atoms with Gasteiger partial charge >= 0.3 is 0 Å². The number of carbonyl (C=O) groups is 3. The maximum Gasteiger partial charge on any atom is 0.279 e. The van der Waals surface area contributed by atoms with Crippen molar-refractivity contribution in [1.29, 1.82) is 0 Å². The number of carbonyl (C=O) groups excluding carboxylic acids is 3. The molecule has 3 amide bonds. The zero-order valence-electron chi connectivity index (χ0n) is 17.0. The summed E-state index contributed by atoms with van der Waals surface area (Å²) in [6.07, 6.45) is 1.05. The van der Waals surface area contributed by atoms with E-state index in [-0.39, 0.29) is 11.8 Å². The summed E-state index contributed by atoms with van der Waals surface area (Å²) in [5.41, 5.74) is 7.55. The van der Waals surface area contributed by atoms with Gasteiger partial charge < -0.3 is 10.1 Å². The van der Waals surface area contributed by atoms with E-state index in [1.165, 1.54) is 0 Å². The van der Waals surface area contributed by atoms with E-state index in [2.05, 4.69) is 32.1 Å². The Hall–Kier alpha value is -2.87. The number of ether oxygens (including phenoxy) is 1. The molecule has 1 aliphatic rings. The number of hydrogen-bond acceptors (Lipinski definition) is 4. The summed E-state index contributed by atoms with van der Waals surface area (Å²) in [4.78, 5) is 36.4. The maximum absolute atomic E-state index is 12.3. The lowest BCUT2D eigenvalue weighted by molar-refractivity contribution is -0.128. The van der Waals surface area contributed by atoms with Crippen molar-refractivity contribution in [1.82, 2.24) is 10.9 Å². The normalized spacial score (nSPS) is 13.9. The fourth-order valence-electron chi connectivity index (χ4n) is 2.90. The molecular formula is C22H24BrN3O4. The van der Waals surface area contributed by atoms with Crippen LogP contribution in [0.25, 0.3) is 0 Å². The minimum atomic E-state index is -0.802. The molecule has 2 aromatic carbocycles. The summed E-state index contributed by atoms with van der Waals surface area (Å²) >= 11 is 3.43. The van der Waals surface area contributed by atoms with Crippen molar-refractivity contribution in [3.63, 3.8) is 0 Å². The van der Waals surface area contributed by atoms with Gasteiger partial charge in [0.15, 0.2) is 6.10 Å². The van der Waals surface area contributed by atoms with Crippen molar-refractivity contribution >= 4 is 39.3 Å². The van der Waals surface area contributed by atoms with Gasteiger partial charge in [-0.05, 0) is 81.1 Å². The molecular weight excluding hydrogens is 450 g/mol. The molecule has 0 saturated heterocycles. The molecule has 0 aliphatic heterocycles. The van der Waals surface area contributed by atoms with Gasteiger partial charge in [0.05, 0.1) is 0 Å². The summed E-state index contributed by atoms with van der Waals surface area (Å²) in [5.74, 6) is -0.192. The van der Waals surface area contributed by atoms with Gasteiger partial charge in [0.25, 0.3) is 11.8 Å². The van der Waals surface area contributed by atoms with Gasteiger partial charge in [-0.1, -0.05) is 15.9 Å². The highest BCUT2D eigenvalue weighted by molar-refractivity contribution is 9.10. The Morgan fingerprint density at radius 3 is 2.20 bits per heavy atom. The molecule has 158 valence electrons. The second-order valence-electron chi connectivity index (χ2n) is 7.41. The van der Waals surface area contributed by atoms with Gasteiger partial charge in [0, 0.05) is 21.6 Å². The Balaban J connectivity index is 1.51. The van der Waals surface area contributed by atoms with E-state index < -0.39 is 17.9 Å². The average Bonchev–Trinajstić information content (AvgIpc) is 3.54. The Bertz CT molecular complexity index is 948. The van der Waals surface area contributed by atoms with Gasteiger partial charge in [0.1, 0.15) is 5.75 Å². The number of halogens is 1. The molecule has 1 fully saturated rings. The molecule has 30 heavy (non-hydrogen) atoms. The van der Waals surface area contributed by atoms with E-state index in [0.29, 0.717) is 17.0 Å². The standard InChI is InChI=1S/C22H24BrN3O4/c1-12-10-17(23)11-13(2)19(12)30-14(3)20(27)25-26-22(29)16-6-8-18(9-7-16)24-21(28)15-4-5-15/h6-11,14-15H,4-5H2,1-3H3,(H,24,28)(H,25,27)(H,26,29). The summed E-state index contributed by atoms with van der Waals surface area (Å²) in [5, 5.41) is 2.81. The third-order valence-corrected chi connectivity index (χ3v) is 5.21. The molecule has 0 spiro atoms. The van der Waals surface area contributed by atoms with Crippen molar-refractivity contribution < 1.29 is 19.1 Å². The van der Waals surface area contributed by atoms with Crippen molar-refractivity contribution in [3.05, 3.63) is 57.6 Å². The molecule has 0 heterocycles. The van der Waals surface area contributed by atoms with Crippen molar-refractivity contribution in [2.24, 2.45) is 5.92 Å². The van der Waals surface area contributed by atoms with Crippen LogP contribution in [0.5, 0.6) is 5.75 Å². The van der Waals surface area contributed by atoms with E-state index in [1.807, 2.05) is 26.0 Å². The number of hydrogen-bond donors (Lipinski definition) is 3. The SMILES string of the molecule is Cc1cc(Br)cc(C)c1OC(C)C(=O)NNC(=O)c1ccc(NC(=O)C2CC2)cc1. The van der Waals surface area contributed by atoms with Crippen molar-refractivity contribution in [3.8, 4) is 5.75 Å². The van der Waals surface area contributed by atoms with Crippen LogP contribution in [-0.2, 0) is 9.59 Å². The minimum absolute atomic E-state index is 0.00435. The van der Waals surface area contributed by atoms with Gasteiger partial charge in [-0.25, -0.2) is 0 Å². The third-order valence-electron chi connectivity index (χ3n) is 4.75. The van der Waals surface area contributed by atoms with Crippen LogP contribution in [0.4, 0.5) is 5.69 Å². The first-order valence-corrected chi connectivity index (χ1v) is 10.5. The number of aryl methyl sites for hydroxylation is 2. The van der Waals surface area contributed by atoms with Crippen LogP contribution in [-0.4, -0.2) is 23.8 Å². The fourth-order valence-corrected chi connectivity index (χ4v) is 3.59. The molecule has 0 radical (unpaired) electrons. The zero-order chi connectivity index (χ0) is 21.8. The Morgan fingerprint density at radius 1 is 1.03 bits per heavy atom. The predicted molar refractivity (Wildman–Crippen MR) is 117 cm³/mol. The van der Waals surface area contributed by atoms with Crippen LogP contribution in [0.2, 0.25) is 0 Å². The highest BCUT2D eigenvalue weighted by atomic mass is 79.9. The molecule has 3 N–H and O–H groups in total. The fraction of sp³-hybridized carbons (Fsp3) is 0.318. The first kappa shape index (κ1) is 21.8. The minimum Gasteiger partial charge on any atom is -0.480 e. The molecule has 3 rings (SSSR count). The number of rotatable bonds is 6. The summed E-state index contributed by atoms with van der Waals surface area (Å²) in [7, 11) is 0. The predicted octanol–water partition coefficient (Wildman–Crippen LogP) is 3.64. The smallest absolute Gasteiger partial charge is 0.279 e. The van der Waals surface area contributed by atoms with E-state index in [9.17, 15) is 14.4 Å². The lowest BCUT2D eigenvalue weighted by Gasteiger charge is -2.18. The molecule has 1 saturated carbocycles. The lowest BCUT2D eigenvalue weighted by atomic mass is 10.1. The number of anilines is 1. The molecule has 1 unspecified atom stereocenters. The monoisotopic (exact) mass is 473 g/mol. The number of amides is 3. The second kappa shape index (κ2) is 9.30. The van der Waals surface area contributed by atoms with E-state index in [4.69, 9.17) is 4.74 Å². The Kier molecular flexibility index (Phi) is 6.77.